The number of rotatable bonds is 2. The molecule has 0 aliphatic carbocycles. The SMILES string of the molecule is COc1ccc(C2COc3cc(O)c(O)cc3C2)cc1. The molecule has 2 N–H and O–H groups in total. The highest BCUT2D eigenvalue weighted by Crippen LogP contribution is 2.39. The Labute approximate surface area is 117 Å². The van der Waals surface area contributed by atoms with E-state index in [4.69, 9.17) is 9.47 Å². The minimum absolute atomic E-state index is 0.109. The summed E-state index contributed by atoms with van der Waals surface area (Å²) in [5, 5.41) is 19.1. The van der Waals surface area contributed by atoms with Crippen LogP contribution >= 0.6 is 0 Å². The maximum absolute atomic E-state index is 9.58. The van der Waals surface area contributed by atoms with Gasteiger partial charge in [-0.3, -0.25) is 0 Å². The Morgan fingerprint density at radius 2 is 1.80 bits per heavy atom. The van der Waals surface area contributed by atoms with E-state index >= 15 is 0 Å². The quantitative estimate of drug-likeness (QED) is 0.825. The second kappa shape index (κ2) is 4.96. The summed E-state index contributed by atoms with van der Waals surface area (Å²) in [6, 6.07) is 10.9. The van der Waals surface area contributed by atoms with Crippen LogP contribution in [0.15, 0.2) is 36.4 Å². The van der Waals surface area contributed by atoms with Crippen molar-refractivity contribution in [3.8, 4) is 23.0 Å². The van der Waals surface area contributed by atoms with Crippen LogP contribution in [0.5, 0.6) is 23.0 Å². The number of aromatic hydroxyl groups is 2. The van der Waals surface area contributed by atoms with Crippen LogP contribution in [-0.2, 0) is 6.42 Å². The molecule has 4 heteroatoms. The van der Waals surface area contributed by atoms with E-state index in [2.05, 4.69) is 0 Å². The van der Waals surface area contributed by atoms with Crippen molar-refractivity contribution in [2.24, 2.45) is 0 Å². The van der Waals surface area contributed by atoms with Gasteiger partial charge in [0.15, 0.2) is 11.5 Å². The maximum Gasteiger partial charge on any atom is 0.161 e. The number of benzene rings is 2. The van der Waals surface area contributed by atoms with Crippen molar-refractivity contribution < 1.29 is 19.7 Å². The minimum Gasteiger partial charge on any atom is -0.504 e. The van der Waals surface area contributed by atoms with Gasteiger partial charge in [-0.25, -0.2) is 0 Å². The highest BCUT2D eigenvalue weighted by molar-refractivity contribution is 5.50. The molecule has 1 aliphatic heterocycles. The summed E-state index contributed by atoms with van der Waals surface area (Å²) >= 11 is 0. The van der Waals surface area contributed by atoms with Gasteiger partial charge in [-0.2, -0.15) is 0 Å². The lowest BCUT2D eigenvalue weighted by Gasteiger charge is -2.26. The average Bonchev–Trinajstić information content (AvgIpc) is 2.48. The van der Waals surface area contributed by atoms with Crippen molar-refractivity contribution in [3.63, 3.8) is 0 Å². The van der Waals surface area contributed by atoms with Gasteiger partial charge < -0.3 is 19.7 Å². The molecule has 0 radical (unpaired) electrons. The highest BCUT2D eigenvalue weighted by Gasteiger charge is 2.23. The Bertz CT molecular complexity index is 619. The molecular formula is C16H16O4. The van der Waals surface area contributed by atoms with Gasteiger partial charge in [0, 0.05) is 12.0 Å². The Morgan fingerprint density at radius 3 is 2.50 bits per heavy atom. The first-order valence-electron chi connectivity index (χ1n) is 6.49. The molecule has 20 heavy (non-hydrogen) atoms. The molecule has 4 nitrogen and oxygen atoms in total. The predicted molar refractivity (Wildman–Crippen MR) is 74.7 cm³/mol. The van der Waals surface area contributed by atoms with Crippen LogP contribution in [0.3, 0.4) is 0 Å². The zero-order valence-electron chi connectivity index (χ0n) is 11.2. The summed E-state index contributed by atoms with van der Waals surface area (Å²) in [4.78, 5) is 0. The standard InChI is InChI=1S/C16H16O4/c1-19-13-4-2-10(3-5-13)12-6-11-7-14(17)15(18)8-16(11)20-9-12/h2-5,7-8,12,17-18H,6,9H2,1H3. The third kappa shape index (κ3) is 2.25. The van der Waals surface area contributed by atoms with Crippen molar-refractivity contribution in [2.75, 3.05) is 13.7 Å². The molecule has 0 fully saturated rings. The van der Waals surface area contributed by atoms with E-state index < -0.39 is 0 Å². The first-order chi connectivity index (χ1) is 9.67. The molecule has 1 heterocycles. The van der Waals surface area contributed by atoms with Crippen molar-refractivity contribution in [1.29, 1.82) is 0 Å². The molecule has 0 spiro atoms. The third-order valence-corrected chi connectivity index (χ3v) is 3.65. The zero-order chi connectivity index (χ0) is 14.1. The summed E-state index contributed by atoms with van der Waals surface area (Å²) in [5.41, 5.74) is 2.08. The first kappa shape index (κ1) is 12.7. The lowest BCUT2D eigenvalue weighted by Crippen LogP contribution is -2.19. The Balaban J connectivity index is 1.85. The van der Waals surface area contributed by atoms with Crippen LogP contribution in [0.4, 0.5) is 0 Å². The van der Waals surface area contributed by atoms with Crippen LogP contribution in [-0.4, -0.2) is 23.9 Å². The fourth-order valence-electron chi connectivity index (χ4n) is 2.50. The van der Waals surface area contributed by atoms with Crippen molar-refractivity contribution in [1.82, 2.24) is 0 Å². The maximum atomic E-state index is 9.58. The number of fused-ring (bicyclic) bond motifs is 1. The number of phenols is 2. The van der Waals surface area contributed by atoms with Crippen LogP contribution < -0.4 is 9.47 Å². The molecule has 0 aromatic heterocycles. The highest BCUT2D eigenvalue weighted by atomic mass is 16.5. The molecule has 1 atom stereocenters. The summed E-state index contributed by atoms with van der Waals surface area (Å²) in [5.74, 6) is 1.45. The molecule has 2 aromatic carbocycles. The van der Waals surface area contributed by atoms with Gasteiger partial charge in [0.25, 0.3) is 0 Å². The first-order valence-corrected chi connectivity index (χ1v) is 6.49. The molecule has 104 valence electrons. The Kier molecular flexibility index (Phi) is 3.14. The molecule has 1 unspecified atom stereocenters. The van der Waals surface area contributed by atoms with Crippen molar-refractivity contribution >= 4 is 0 Å². The molecule has 0 saturated heterocycles. The molecule has 3 rings (SSSR count). The van der Waals surface area contributed by atoms with Crippen molar-refractivity contribution in [2.45, 2.75) is 12.3 Å². The van der Waals surface area contributed by atoms with Gasteiger partial charge in [-0.1, -0.05) is 12.1 Å². The topological polar surface area (TPSA) is 58.9 Å². The fourth-order valence-corrected chi connectivity index (χ4v) is 2.50. The molecule has 1 aliphatic rings. The second-order valence-electron chi connectivity index (χ2n) is 4.93. The van der Waals surface area contributed by atoms with E-state index in [1.807, 2.05) is 24.3 Å². The fraction of sp³-hybridized carbons (Fsp3) is 0.250. The van der Waals surface area contributed by atoms with Gasteiger partial charge in [0.1, 0.15) is 11.5 Å². The van der Waals surface area contributed by atoms with Crippen LogP contribution in [0.1, 0.15) is 17.0 Å². The molecule has 2 aromatic rings. The van der Waals surface area contributed by atoms with Gasteiger partial charge in [0.2, 0.25) is 0 Å². The number of hydrogen-bond acceptors (Lipinski definition) is 4. The van der Waals surface area contributed by atoms with E-state index in [1.54, 1.807) is 13.2 Å². The molecule has 0 saturated carbocycles. The summed E-state index contributed by atoms with van der Waals surface area (Å²) in [7, 11) is 1.64. The van der Waals surface area contributed by atoms with Gasteiger partial charge in [0.05, 0.1) is 13.7 Å². The van der Waals surface area contributed by atoms with Gasteiger partial charge in [-0.05, 0) is 35.7 Å². The Morgan fingerprint density at radius 1 is 1.10 bits per heavy atom. The monoisotopic (exact) mass is 272 g/mol. The number of ether oxygens (including phenoxy) is 2. The van der Waals surface area contributed by atoms with Crippen LogP contribution in [0.2, 0.25) is 0 Å². The Hall–Kier alpha value is -2.36. The summed E-state index contributed by atoms with van der Waals surface area (Å²) < 4.78 is 10.8. The lowest BCUT2D eigenvalue weighted by molar-refractivity contribution is 0.259. The van der Waals surface area contributed by atoms with E-state index in [-0.39, 0.29) is 17.4 Å². The van der Waals surface area contributed by atoms with E-state index in [0.717, 1.165) is 17.7 Å². The van der Waals surface area contributed by atoms with E-state index in [9.17, 15) is 10.2 Å². The average molecular weight is 272 g/mol. The molecule has 0 bridgehead atoms. The van der Waals surface area contributed by atoms with Crippen molar-refractivity contribution in [3.05, 3.63) is 47.5 Å². The predicted octanol–water partition coefficient (Wildman–Crippen LogP) is 2.83. The minimum atomic E-state index is -0.147. The van der Waals surface area contributed by atoms with Gasteiger partial charge in [-0.15, -0.1) is 0 Å². The number of methoxy groups -OCH3 is 1. The largest absolute Gasteiger partial charge is 0.504 e. The summed E-state index contributed by atoms with van der Waals surface area (Å²) in [6.45, 7) is 0.559. The zero-order valence-corrected chi connectivity index (χ0v) is 11.2. The third-order valence-electron chi connectivity index (χ3n) is 3.65. The number of phenolic OH excluding ortho intramolecular Hbond substituents is 2. The normalized spacial score (nSPS) is 17.1. The van der Waals surface area contributed by atoms with Crippen LogP contribution in [0.25, 0.3) is 0 Å². The van der Waals surface area contributed by atoms with Gasteiger partial charge >= 0.3 is 0 Å². The second-order valence-corrected chi connectivity index (χ2v) is 4.93. The smallest absolute Gasteiger partial charge is 0.161 e. The molecular weight excluding hydrogens is 256 g/mol. The summed E-state index contributed by atoms with van der Waals surface area (Å²) in [6.07, 6.45) is 0.773. The number of hydrogen-bond donors (Lipinski definition) is 2. The molecule has 0 amide bonds. The lowest BCUT2D eigenvalue weighted by atomic mass is 9.90. The van der Waals surface area contributed by atoms with Crippen LogP contribution in [0, 0.1) is 0 Å². The van der Waals surface area contributed by atoms with E-state index in [0.29, 0.717) is 12.4 Å². The van der Waals surface area contributed by atoms with E-state index in [1.165, 1.54) is 11.6 Å².